The molecule has 5 heteroatoms. The number of aryl methyl sites for hydroxylation is 1. The lowest BCUT2D eigenvalue weighted by Gasteiger charge is -2.31. The zero-order chi connectivity index (χ0) is 17.1. The molecule has 0 spiro atoms. The second-order valence-electron chi connectivity index (χ2n) is 7.87. The van der Waals surface area contributed by atoms with Crippen LogP contribution in [0.15, 0.2) is 12.5 Å². The lowest BCUT2D eigenvalue weighted by molar-refractivity contribution is -0.141. The highest BCUT2D eigenvalue weighted by molar-refractivity contribution is 5.72. The molecule has 24 heavy (non-hydrogen) atoms. The van der Waals surface area contributed by atoms with Gasteiger partial charge in [0.05, 0.1) is 12.2 Å². The molecule has 0 radical (unpaired) electrons. The molecule has 1 saturated heterocycles. The summed E-state index contributed by atoms with van der Waals surface area (Å²) in [5, 5.41) is 9.63. The third kappa shape index (κ3) is 3.82. The minimum Gasteiger partial charge on any atom is -0.481 e. The van der Waals surface area contributed by atoms with Crippen molar-refractivity contribution in [3.63, 3.8) is 0 Å². The number of nitrogens with zero attached hydrogens (tertiary/aromatic N) is 3. The Bertz CT molecular complexity index is 549. The summed E-state index contributed by atoms with van der Waals surface area (Å²) in [6.07, 6.45) is 11.6. The molecule has 3 rings (SSSR count). The van der Waals surface area contributed by atoms with Crippen LogP contribution in [-0.4, -0.2) is 45.2 Å². The molecule has 134 valence electrons. The number of hydrogen-bond donors (Lipinski definition) is 1. The van der Waals surface area contributed by atoms with Gasteiger partial charge < -0.3 is 14.6 Å². The summed E-state index contributed by atoms with van der Waals surface area (Å²) in [6.45, 7) is 4.88. The summed E-state index contributed by atoms with van der Waals surface area (Å²) < 4.78 is 1.97. The summed E-state index contributed by atoms with van der Waals surface area (Å²) in [5.74, 6) is 0.759. The van der Waals surface area contributed by atoms with Crippen molar-refractivity contribution < 1.29 is 9.90 Å². The van der Waals surface area contributed by atoms with Gasteiger partial charge in [-0.2, -0.15) is 0 Å². The number of carbonyl (C=O) groups is 1. The number of imidazole rings is 1. The Morgan fingerprint density at radius 1 is 1.25 bits per heavy atom. The van der Waals surface area contributed by atoms with Crippen molar-refractivity contribution in [1.82, 2.24) is 14.5 Å². The third-order valence-corrected chi connectivity index (χ3v) is 6.13. The van der Waals surface area contributed by atoms with Crippen LogP contribution in [0.1, 0.15) is 57.1 Å². The fraction of sp³-hybridized carbons (Fsp3) is 0.789. The van der Waals surface area contributed by atoms with E-state index in [0.29, 0.717) is 6.54 Å². The first-order chi connectivity index (χ1) is 11.6. The van der Waals surface area contributed by atoms with Crippen LogP contribution in [-0.2, 0) is 11.8 Å². The van der Waals surface area contributed by atoms with Gasteiger partial charge in [0.25, 0.3) is 0 Å². The summed E-state index contributed by atoms with van der Waals surface area (Å²) in [7, 11) is 1.96. The average Bonchev–Trinajstić information content (AvgIpc) is 3.15. The van der Waals surface area contributed by atoms with E-state index in [1.165, 1.54) is 38.5 Å². The monoisotopic (exact) mass is 333 g/mol. The summed E-state index contributed by atoms with van der Waals surface area (Å²) >= 11 is 0. The quantitative estimate of drug-likeness (QED) is 0.869. The Kier molecular flexibility index (Phi) is 5.59. The molecular formula is C19H31N3O2. The van der Waals surface area contributed by atoms with Crippen molar-refractivity contribution in [3.8, 4) is 0 Å². The maximum absolute atomic E-state index is 11.7. The Morgan fingerprint density at radius 2 is 1.96 bits per heavy atom. The Balaban J connectivity index is 1.58. The SMILES string of the molecule is CCCC1CCC(CN2C[C@H](C(=O)O)[C@@H](c3cncn3C)C2)CC1. The lowest BCUT2D eigenvalue weighted by atomic mass is 9.80. The van der Waals surface area contributed by atoms with Gasteiger partial charge >= 0.3 is 5.97 Å². The second-order valence-corrected chi connectivity index (χ2v) is 7.87. The maximum atomic E-state index is 11.7. The van der Waals surface area contributed by atoms with Gasteiger partial charge in [-0.1, -0.05) is 32.6 Å². The van der Waals surface area contributed by atoms with Crippen LogP contribution < -0.4 is 0 Å². The molecule has 0 bridgehead atoms. The van der Waals surface area contributed by atoms with E-state index < -0.39 is 5.97 Å². The van der Waals surface area contributed by atoms with Gasteiger partial charge in [-0.15, -0.1) is 0 Å². The van der Waals surface area contributed by atoms with E-state index in [4.69, 9.17) is 0 Å². The zero-order valence-electron chi connectivity index (χ0n) is 15.0. The first kappa shape index (κ1) is 17.5. The number of aliphatic carboxylic acids is 1. The van der Waals surface area contributed by atoms with E-state index in [9.17, 15) is 9.90 Å². The molecule has 1 aromatic rings. The minimum atomic E-state index is -0.671. The summed E-state index contributed by atoms with van der Waals surface area (Å²) in [6, 6.07) is 0. The highest BCUT2D eigenvalue weighted by atomic mass is 16.4. The molecule has 1 aliphatic heterocycles. The van der Waals surface area contributed by atoms with Gasteiger partial charge in [0, 0.05) is 44.5 Å². The number of likely N-dealkylation sites (tertiary alicyclic amines) is 1. The highest BCUT2D eigenvalue weighted by Gasteiger charge is 2.40. The smallest absolute Gasteiger partial charge is 0.308 e. The molecule has 0 aromatic carbocycles. The van der Waals surface area contributed by atoms with Gasteiger partial charge in [0.2, 0.25) is 0 Å². The molecule has 2 aliphatic rings. The van der Waals surface area contributed by atoms with E-state index in [2.05, 4.69) is 16.8 Å². The first-order valence-corrected chi connectivity index (χ1v) is 9.49. The molecular weight excluding hydrogens is 302 g/mol. The van der Waals surface area contributed by atoms with Crippen LogP contribution in [0.3, 0.4) is 0 Å². The minimum absolute atomic E-state index is 0.0615. The molecule has 2 heterocycles. The largest absolute Gasteiger partial charge is 0.481 e. The Labute approximate surface area is 145 Å². The number of carboxylic acid groups (broad SMARTS) is 1. The van der Waals surface area contributed by atoms with Crippen LogP contribution in [0, 0.1) is 17.8 Å². The standard InChI is InChI=1S/C19H31N3O2/c1-3-4-14-5-7-15(8-6-14)10-22-11-16(17(12-22)19(23)24)18-9-20-13-21(18)2/h9,13-17H,3-8,10-12H2,1-2H3,(H,23,24)/t14?,15?,16-,17-/m0/s1. The molecule has 2 atom stereocenters. The van der Waals surface area contributed by atoms with Gasteiger partial charge in [0.1, 0.15) is 0 Å². The van der Waals surface area contributed by atoms with E-state index in [-0.39, 0.29) is 11.8 Å². The molecule has 0 unspecified atom stereocenters. The molecule has 1 aromatic heterocycles. The summed E-state index contributed by atoms with van der Waals surface area (Å²) in [4.78, 5) is 18.3. The molecule has 1 N–H and O–H groups in total. The van der Waals surface area contributed by atoms with Crippen LogP contribution in [0.2, 0.25) is 0 Å². The molecule has 1 aliphatic carbocycles. The van der Waals surface area contributed by atoms with Crippen LogP contribution in [0.5, 0.6) is 0 Å². The summed E-state index contributed by atoms with van der Waals surface area (Å²) in [5.41, 5.74) is 1.05. The van der Waals surface area contributed by atoms with E-state index in [0.717, 1.165) is 30.6 Å². The second kappa shape index (κ2) is 7.68. The number of aromatic nitrogens is 2. The normalized spacial score (nSPS) is 31.4. The average molecular weight is 333 g/mol. The third-order valence-electron chi connectivity index (χ3n) is 6.13. The van der Waals surface area contributed by atoms with Crippen molar-refractivity contribution in [2.24, 2.45) is 24.8 Å². The van der Waals surface area contributed by atoms with Crippen molar-refractivity contribution in [1.29, 1.82) is 0 Å². The number of hydrogen-bond acceptors (Lipinski definition) is 3. The fourth-order valence-corrected chi connectivity index (χ4v) is 4.79. The van der Waals surface area contributed by atoms with Crippen molar-refractivity contribution >= 4 is 5.97 Å². The number of rotatable bonds is 6. The van der Waals surface area contributed by atoms with E-state index in [1.54, 1.807) is 6.33 Å². The predicted octanol–water partition coefficient (Wildman–Crippen LogP) is 3.13. The van der Waals surface area contributed by atoms with Crippen LogP contribution in [0.4, 0.5) is 0 Å². The van der Waals surface area contributed by atoms with Gasteiger partial charge in [-0.25, -0.2) is 4.98 Å². The topological polar surface area (TPSA) is 58.4 Å². The van der Waals surface area contributed by atoms with Crippen molar-refractivity contribution in [2.75, 3.05) is 19.6 Å². The lowest BCUT2D eigenvalue weighted by Crippen LogP contribution is -2.30. The molecule has 1 saturated carbocycles. The fourth-order valence-electron chi connectivity index (χ4n) is 4.79. The van der Waals surface area contributed by atoms with Crippen LogP contribution in [0.25, 0.3) is 0 Å². The highest BCUT2D eigenvalue weighted by Crippen LogP contribution is 2.36. The Hall–Kier alpha value is -1.36. The first-order valence-electron chi connectivity index (χ1n) is 9.49. The van der Waals surface area contributed by atoms with Crippen LogP contribution >= 0.6 is 0 Å². The van der Waals surface area contributed by atoms with Gasteiger partial charge in [0.15, 0.2) is 0 Å². The maximum Gasteiger partial charge on any atom is 0.308 e. The molecule has 2 fully saturated rings. The van der Waals surface area contributed by atoms with E-state index in [1.807, 2.05) is 17.8 Å². The van der Waals surface area contributed by atoms with Gasteiger partial charge in [-0.05, 0) is 24.7 Å². The van der Waals surface area contributed by atoms with Crippen molar-refractivity contribution in [3.05, 3.63) is 18.2 Å². The zero-order valence-corrected chi connectivity index (χ0v) is 15.0. The molecule has 0 amide bonds. The van der Waals surface area contributed by atoms with Gasteiger partial charge in [-0.3, -0.25) is 4.79 Å². The van der Waals surface area contributed by atoms with Crippen molar-refractivity contribution in [2.45, 2.75) is 51.4 Å². The number of carboxylic acids is 1. The van der Waals surface area contributed by atoms with E-state index >= 15 is 0 Å². The molecule has 5 nitrogen and oxygen atoms in total. The Morgan fingerprint density at radius 3 is 2.54 bits per heavy atom. The predicted molar refractivity (Wildman–Crippen MR) is 93.9 cm³/mol.